The van der Waals surface area contributed by atoms with Gasteiger partial charge in [-0.3, -0.25) is 14.4 Å². The fraction of sp³-hybridized carbons (Fsp3) is 0.250. The van der Waals surface area contributed by atoms with Gasteiger partial charge in [-0.25, -0.2) is 4.39 Å². The van der Waals surface area contributed by atoms with Crippen molar-refractivity contribution in [1.29, 1.82) is 0 Å². The summed E-state index contributed by atoms with van der Waals surface area (Å²) in [5.74, 6) is -2.63. The zero-order valence-corrected chi connectivity index (χ0v) is 20.4. The summed E-state index contributed by atoms with van der Waals surface area (Å²) < 4.78 is 57.7. The van der Waals surface area contributed by atoms with Crippen LogP contribution in [0.15, 0.2) is 60.7 Å². The second-order valence-electron chi connectivity index (χ2n) is 9.33. The first-order chi connectivity index (χ1) is 17.3. The second kappa shape index (κ2) is 10.9. The van der Waals surface area contributed by atoms with E-state index in [1.165, 1.54) is 6.07 Å². The van der Waals surface area contributed by atoms with Gasteiger partial charge < -0.3 is 10.1 Å². The summed E-state index contributed by atoms with van der Waals surface area (Å²) in [5.41, 5.74) is 0.0602. The molecular formula is C28H25F4NO4. The number of carbonyl (C=O) groups excluding carboxylic acids is 3. The molecule has 1 N–H and O–H groups in total. The Bertz CT molecular complexity index is 1330. The van der Waals surface area contributed by atoms with Gasteiger partial charge in [-0.2, -0.15) is 13.2 Å². The largest absolute Gasteiger partial charge is 0.460 e. The molecule has 0 heterocycles. The number of rotatable bonds is 7. The molecule has 194 valence electrons. The lowest BCUT2D eigenvalue weighted by atomic mass is 9.94. The summed E-state index contributed by atoms with van der Waals surface area (Å²) in [6.45, 7) is 4.88. The van der Waals surface area contributed by atoms with Crippen molar-refractivity contribution in [2.75, 3.05) is 0 Å². The summed E-state index contributed by atoms with van der Waals surface area (Å²) in [5, 5.41) is 2.55. The molecule has 5 nitrogen and oxygen atoms in total. The summed E-state index contributed by atoms with van der Waals surface area (Å²) in [4.78, 5) is 37.0. The molecule has 37 heavy (non-hydrogen) atoms. The van der Waals surface area contributed by atoms with Crippen LogP contribution in [-0.4, -0.2) is 23.8 Å². The maximum Gasteiger partial charge on any atom is 0.419 e. The molecule has 0 fully saturated rings. The Kier molecular flexibility index (Phi) is 8.15. The molecule has 0 bridgehead atoms. The van der Waals surface area contributed by atoms with Crippen molar-refractivity contribution in [2.45, 2.75) is 45.5 Å². The van der Waals surface area contributed by atoms with Crippen molar-refractivity contribution in [1.82, 2.24) is 5.32 Å². The van der Waals surface area contributed by atoms with Crippen LogP contribution < -0.4 is 5.32 Å². The number of ether oxygens (including phenoxy) is 1. The van der Waals surface area contributed by atoms with Crippen molar-refractivity contribution in [3.63, 3.8) is 0 Å². The summed E-state index contributed by atoms with van der Waals surface area (Å²) >= 11 is 0. The van der Waals surface area contributed by atoms with Crippen molar-refractivity contribution in [3.8, 4) is 11.1 Å². The van der Waals surface area contributed by atoms with Crippen molar-refractivity contribution in [2.24, 2.45) is 0 Å². The number of hydrogen-bond acceptors (Lipinski definition) is 4. The molecule has 3 aromatic rings. The minimum atomic E-state index is -4.83. The molecule has 0 spiro atoms. The molecule has 9 heteroatoms. The molecule has 0 aliphatic rings. The molecule has 0 atom stereocenters. The van der Waals surface area contributed by atoms with Gasteiger partial charge in [0.15, 0.2) is 6.29 Å². The van der Waals surface area contributed by atoms with Gasteiger partial charge >= 0.3 is 12.1 Å². The van der Waals surface area contributed by atoms with Crippen LogP contribution >= 0.6 is 0 Å². The Hall–Kier alpha value is -4.01. The van der Waals surface area contributed by atoms with Gasteiger partial charge in [-0.1, -0.05) is 36.4 Å². The third kappa shape index (κ3) is 7.25. The number of nitrogens with one attached hydrogen (secondary N) is 1. The molecule has 3 aromatic carbocycles. The van der Waals surface area contributed by atoms with Crippen molar-refractivity contribution < 1.29 is 36.7 Å². The highest BCUT2D eigenvalue weighted by atomic mass is 19.4. The third-order valence-corrected chi connectivity index (χ3v) is 5.30. The minimum absolute atomic E-state index is 0.129. The third-order valence-electron chi connectivity index (χ3n) is 5.30. The average molecular weight is 516 g/mol. The minimum Gasteiger partial charge on any atom is -0.460 e. The topological polar surface area (TPSA) is 72.5 Å². The van der Waals surface area contributed by atoms with E-state index in [0.717, 1.165) is 6.07 Å². The van der Waals surface area contributed by atoms with Crippen LogP contribution in [0.5, 0.6) is 0 Å². The molecule has 0 aromatic heterocycles. The Morgan fingerprint density at radius 1 is 0.973 bits per heavy atom. The molecule has 0 saturated heterocycles. The van der Waals surface area contributed by atoms with E-state index < -0.39 is 35.0 Å². The van der Waals surface area contributed by atoms with Gasteiger partial charge in [-0.15, -0.1) is 0 Å². The van der Waals surface area contributed by atoms with Crippen molar-refractivity contribution >= 4 is 18.2 Å². The molecule has 0 aliphatic heterocycles. The summed E-state index contributed by atoms with van der Waals surface area (Å²) in [6, 6.07) is 13.9. The van der Waals surface area contributed by atoms with E-state index in [-0.39, 0.29) is 24.1 Å². The highest BCUT2D eigenvalue weighted by Crippen LogP contribution is 2.31. The van der Waals surface area contributed by atoms with Crippen LogP contribution in [0, 0.1) is 5.82 Å². The molecule has 0 aliphatic carbocycles. The Morgan fingerprint density at radius 3 is 2.30 bits per heavy atom. The standard InChI is InChI=1S/C28H25F4NO4/c1-27(2,3)37-25(35)14-20-13-18(21-7-5-4-6-19(21)16-34)9-10-22(20)26(36)33-15-17-8-11-23(24(29)12-17)28(30,31)32/h4-13,16H,14-15H2,1-3H3,(H,33,36). The van der Waals surface area contributed by atoms with E-state index >= 15 is 0 Å². The molecule has 0 unspecified atom stereocenters. The number of hydrogen-bond donors (Lipinski definition) is 1. The normalized spacial score (nSPS) is 11.6. The maximum atomic E-state index is 13.9. The van der Waals surface area contributed by atoms with E-state index in [1.54, 1.807) is 57.2 Å². The van der Waals surface area contributed by atoms with Gasteiger partial charge in [0, 0.05) is 17.7 Å². The fourth-order valence-corrected chi connectivity index (χ4v) is 3.70. The van der Waals surface area contributed by atoms with E-state index in [2.05, 4.69) is 5.32 Å². The smallest absolute Gasteiger partial charge is 0.419 e. The van der Waals surface area contributed by atoms with Crippen LogP contribution in [0.3, 0.4) is 0 Å². The highest BCUT2D eigenvalue weighted by molar-refractivity contribution is 5.98. The molecule has 1 amide bonds. The first-order valence-corrected chi connectivity index (χ1v) is 11.3. The number of benzene rings is 3. The van der Waals surface area contributed by atoms with Crippen molar-refractivity contribution in [3.05, 3.63) is 94.3 Å². The Balaban J connectivity index is 1.90. The Morgan fingerprint density at radius 2 is 1.68 bits per heavy atom. The molecule has 0 saturated carbocycles. The first-order valence-electron chi connectivity index (χ1n) is 11.3. The maximum absolute atomic E-state index is 13.9. The lowest BCUT2D eigenvalue weighted by Gasteiger charge is -2.20. The number of aldehydes is 1. The zero-order chi connectivity index (χ0) is 27.4. The first kappa shape index (κ1) is 27.6. The lowest BCUT2D eigenvalue weighted by Crippen LogP contribution is -2.27. The number of carbonyl (C=O) groups is 3. The van der Waals surface area contributed by atoms with Crippen LogP contribution in [-0.2, 0) is 28.7 Å². The molecular weight excluding hydrogens is 490 g/mol. The zero-order valence-electron chi connectivity index (χ0n) is 20.4. The SMILES string of the molecule is CC(C)(C)OC(=O)Cc1cc(-c2ccccc2C=O)ccc1C(=O)NCc1ccc(C(F)(F)F)c(F)c1. The van der Waals surface area contributed by atoms with E-state index in [1.807, 2.05) is 0 Å². The number of alkyl halides is 3. The van der Waals surface area contributed by atoms with Gasteiger partial charge in [0.05, 0.1) is 12.0 Å². The number of amides is 1. The molecule has 0 radical (unpaired) electrons. The van der Waals surface area contributed by atoms with Gasteiger partial charge in [-0.05, 0) is 67.3 Å². The van der Waals surface area contributed by atoms with E-state index in [0.29, 0.717) is 40.7 Å². The predicted octanol–water partition coefficient (Wildman–Crippen LogP) is 6.14. The van der Waals surface area contributed by atoms with E-state index in [9.17, 15) is 31.9 Å². The van der Waals surface area contributed by atoms with Crippen LogP contribution in [0.4, 0.5) is 17.6 Å². The van der Waals surface area contributed by atoms with Gasteiger partial charge in [0.1, 0.15) is 11.4 Å². The number of esters is 1. The summed E-state index contributed by atoms with van der Waals surface area (Å²) in [6.07, 6.45) is -4.37. The van der Waals surface area contributed by atoms with Gasteiger partial charge in [0.25, 0.3) is 5.91 Å². The van der Waals surface area contributed by atoms with E-state index in [4.69, 9.17) is 4.74 Å². The van der Waals surface area contributed by atoms with Crippen LogP contribution in [0.1, 0.15) is 58.2 Å². The van der Waals surface area contributed by atoms with Gasteiger partial charge in [0.2, 0.25) is 0 Å². The monoisotopic (exact) mass is 515 g/mol. The predicted molar refractivity (Wildman–Crippen MR) is 129 cm³/mol. The quantitative estimate of drug-likeness (QED) is 0.233. The Labute approximate surface area is 211 Å². The lowest BCUT2D eigenvalue weighted by molar-refractivity contribution is -0.154. The highest BCUT2D eigenvalue weighted by Gasteiger charge is 2.33. The fourth-order valence-electron chi connectivity index (χ4n) is 3.70. The number of halogens is 4. The second-order valence-corrected chi connectivity index (χ2v) is 9.33. The van der Waals surface area contributed by atoms with Crippen LogP contribution in [0.25, 0.3) is 11.1 Å². The van der Waals surface area contributed by atoms with Crippen LogP contribution in [0.2, 0.25) is 0 Å². The molecule has 3 rings (SSSR count). The average Bonchev–Trinajstić information content (AvgIpc) is 2.80. The summed E-state index contributed by atoms with van der Waals surface area (Å²) in [7, 11) is 0.